The van der Waals surface area contributed by atoms with Gasteiger partial charge in [-0.2, -0.15) is 0 Å². The third-order valence-corrected chi connectivity index (χ3v) is 3.52. The molecule has 1 heteroatoms. The van der Waals surface area contributed by atoms with Crippen molar-refractivity contribution >= 4 is 0 Å². The van der Waals surface area contributed by atoms with Crippen molar-refractivity contribution < 1.29 is 0 Å². The molecule has 0 bridgehead atoms. The van der Waals surface area contributed by atoms with Crippen LogP contribution >= 0.6 is 0 Å². The van der Waals surface area contributed by atoms with Crippen LogP contribution < -0.4 is 5.32 Å². The number of hydrogen-bond donors (Lipinski definition) is 1. The third-order valence-electron chi connectivity index (χ3n) is 3.52. The second kappa shape index (κ2) is 4.27. The molecule has 1 rings (SSSR count). The number of hydrogen-bond acceptors (Lipinski definition) is 1. The molecule has 1 saturated heterocycles. The minimum atomic E-state index is 0.602. The van der Waals surface area contributed by atoms with Crippen LogP contribution in [0, 0.1) is 11.3 Å². The highest BCUT2D eigenvalue weighted by molar-refractivity contribution is 4.88. The monoisotopic (exact) mass is 169 g/mol. The SMILES string of the molecule is CCCC(CC)C1(C)CCNC1. The van der Waals surface area contributed by atoms with Gasteiger partial charge in [-0.1, -0.05) is 40.0 Å². The van der Waals surface area contributed by atoms with Crippen molar-refractivity contribution in [3.63, 3.8) is 0 Å². The molecule has 1 heterocycles. The summed E-state index contributed by atoms with van der Waals surface area (Å²) in [4.78, 5) is 0. The molecule has 0 aromatic rings. The fourth-order valence-corrected chi connectivity index (χ4v) is 2.58. The Morgan fingerprint density at radius 3 is 2.58 bits per heavy atom. The Morgan fingerprint density at radius 1 is 1.42 bits per heavy atom. The summed E-state index contributed by atoms with van der Waals surface area (Å²) in [6, 6.07) is 0. The zero-order valence-corrected chi connectivity index (χ0v) is 8.82. The molecule has 0 aromatic heterocycles. The summed E-state index contributed by atoms with van der Waals surface area (Å²) in [5.74, 6) is 0.942. The molecular formula is C11H23N. The minimum absolute atomic E-state index is 0.602. The van der Waals surface area contributed by atoms with E-state index in [1.807, 2.05) is 0 Å². The first-order valence-electron chi connectivity index (χ1n) is 5.43. The summed E-state index contributed by atoms with van der Waals surface area (Å²) < 4.78 is 0. The summed E-state index contributed by atoms with van der Waals surface area (Å²) in [5.41, 5.74) is 0.602. The Hall–Kier alpha value is -0.0400. The van der Waals surface area contributed by atoms with Gasteiger partial charge in [0, 0.05) is 6.54 Å². The zero-order valence-electron chi connectivity index (χ0n) is 8.82. The van der Waals surface area contributed by atoms with Crippen LogP contribution in [0.5, 0.6) is 0 Å². The quantitative estimate of drug-likeness (QED) is 0.682. The Bertz CT molecular complexity index is 125. The average Bonchev–Trinajstić information content (AvgIpc) is 2.49. The van der Waals surface area contributed by atoms with Crippen molar-refractivity contribution in [1.82, 2.24) is 5.32 Å². The fourth-order valence-electron chi connectivity index (χ4n) is 2.58. The van der Waals surface area contributed by atoms with E-state index < -0.39 is 0 Å². The van der Waals surface area contributed by atoms with Crippen molar-refractivity contribution in [2.75, 3.05) is 13.1 Å². The lowest BCUT2D eigenvalue weighted by atomic mass is 9.73. The second-order valence-corrected chi connectivity index (χ2v) is 4.47. The van der Waals surface area contributed by atoms with Crippen molar-refractivity contribution in [2.24, 2.45) is 11.3 Å². The lowest BCUT2D eigenvalue weighted by Gasteiger charge is -2.32. The minimum Gasteiger partial charge on any atom is -0.316 e. The van der Waals surface area contributed by atoms with Crippen molar-refractivity contribution in [3.8, 4) is 0 Å². The first-order chi connectivity index (χ1) is 5.73. The Balaban J connectivity index is 2.50. The van der Waals surface area contributed by atoms with Gasteiger partial charge in [-0.05, 0) is 24.3 Å². The van der Waals surface area contributed by atoms with Gasteiger partial charge in [-0.15, -0.1) is 0 Å². The Morgan fingerprint density at radius 2 is 2.17 bits per heavy atom. The molecule has 12 heavy (non-hydrogen) atoms. The van der Waals surface area contributed by atoms with Gasteiger partial charge in [0.2, 0.25) is 0 Å². The van der Waals surface area contributed by atoms with E-state index in [1.54, 1.807) is 0 Å². The van der Waals surface area contributed by atoms with E-state index in [0.29, 0.717) is 5.41 Å². The van der Waals surface area contributed by atoms with Gasteiger partial charge in [0.15, 0.2) is 0 Å². The first kappa shape index (κ1) is 10.0. The predicted octanol–water partition coefficient (Wildman–Crippen LogP) is 2.81. The molecule has 2 atom stereocenters. The van der Waals surface area contributed by atoms with Crippen LogP contribution in [0.4, 0.5) is 0 Å². The summed E-state index contributed by atoms with van der Waals surface area (Å²) in [5, 5.41) is 3.49. The molecule has 1 aliphatic heterocycles. The number of rotatable bonds is 4. The van der Waals surface area contributed by atoms with Gasteiger partial charge in [0.25, 0.3) is 0 Å². The largest absolute Gasteiger partial charge is 0.316 e. The standard InChI is InChI=1S/C11H23N/c1-4-6-10(5-2)11(3)7-8-12-9-11/h10,12H,4-9H2,1-3H3. The molecule has 0 amide bonds. The van der Waals surface area contributed by atoms with E-state index in [1.165, 1.54) is 38.8 Å². The van der Waals surface area contributed by atoms with Gasteiger partial charge in [0.1, 0.15) is 0 Å². The lowest BCUT2D eigenvalue weighted by molar-refractivity contribution is 0.191. The lowest BCUT2D eigenvalue weighted by Crippen LogP contribution is -2.29. The van der Waals surface area contributed by atoms with Crippen molar-refractivity contribution in [3.05, 3.63) is 0 Å². The van der Waals surface area contributed by atoms with E-state index in [0.717, 1.165) is 5.92 Å². The van der Waals surface area contributed by atoms with Crippen LogP contribution in [0.15, 0.2) is 0 Å². The van der Waals surface area contributed by atoms with E-state index in [9.17, 15) is 0 Å². The van der Waals surface area contributed by atoms with Crippen LogP contribution in [-0.2, 0) is 0 Å². The molecule has 2 unspecified atom stereocenters. The van der Waals surface area contributed by atoms with Crippen molar-refractivity contribution in [2.45, 2.75) is 46.5 Å². The summed E-state index contributed by atoms with van der Waals surface area (Å²) in [6.07, 6.45) is 5.49. The highest BCUT2D eigenvalue weighted by Gasteiger charge is 2.34. The van der Waals surface area contributed by atoms with Crippen LogP contribution in [0.3, 0.4) is 0 Å². The van der Waals surface area contributed by atoms with Crippen molar-refractivity contribution in [1.29, 1.82) is 0 Å². The maximum atomic E-state index is 3.49. The molecule has 1 fully saturated rings. The third kappa shape index (κ3) is 2.01. The predicted molar refractivity (Wildman–Crippen MR) is 54.3 cm³/mol. The summed E-state index contributed by atoms with van der Waals surface area (Å²) >= 11 is 0. The van der Waals surface area contributed by atoms with Gasteiger partial charge >= 0.3 is 0 Å². The molecule has 1 N–H and O–H groups in total. The van der Waals surface area contributed by atoms with Gasteiger partial charge in [-0.3, -0.25) is 0 Å². The highest BCUT2D eigenvalue weighted by Crippen LogP contribution is 2.38. The summed E-state index contributed by atoms with van der Waals surface area (Å²) in [6.45, 7) is 9.57. The highest BCUT2D eigenvalue weighted by atomic mass is 14.9. The summed E-state index contributed by atoms with van der Waals surface area (Å²) in [7, 11) is 0. The van der Waals surface area contributed by atoms with Gasteiger partial charge < -0.3 is 5.32 Å². The molecule has 1 aliphatic rings. The van der Waals surface area contributed by atoms with E-state index in [-0.39, 0.29) is 0 Å². The Kier molecular flexibility index (Phi) is 3.57. The van der Waals surface area contributed by atoms with E-state index in [2.05, 4.69) is 26.1 Å². The second-order valence-electron chi connectivity index (χ2n) is 4.47. The maximum absolute atomic E-state index is 3.49. The average molecular weight is 169 g/mol. The molecule has 0 spiro atoms. The Labute approximate surface area is 76.9 Å². The number of nitrogens with one attached hydrogen (secondary N) is 1. The molecule has 1 nitrogen and oxygen atoms in total. The van der Waals surface area contributed by atoms with Crippen LogP contribution in [-0.4, -0.2) is 13.1 Å². The molecule has 0 aromatic carbocycles. The molecule has 0 aliphatic carbocycles. The molecule has 72 valence electrons. The molecular weight excluding hydrogens is 146 g/mol. The topological polar surface area (TPSA) is 12.0 Å². The maximum Gasteiger partial charge on any atom is 0.000829 e. The van der Waals surface area contributed by atoms with E-state index >= 15 is 0 Å². The smallest absolute Gasteiger partial charge is 0.000829 e. The van der Waals surface area contributed by atoms with Crippen LogP contribution in [0.25, 0.3) is 0 Å². The fraction of sp³-hybridized carbons (Fsp3) is 1.00. The van der Waals surface area contributed by atoms with Crippen LogP contribution in [0.2, 0.25) is 0 Å². The van der Waals surface area contributed by atoms with Crippen LogP contribution in [0.1, 0.15) is 46.5 Å². The van der Waals surface area contributed by atoms with E-state index in [4.69, 9.17) is 0 Å². The first-order valence-corrected chi connectivity index (χ1v) is 5.43. The van der Waals surface area contributed by atoms with Gasteiger partial charge in [-0.25, -0.2) is 0 Å². The normalized spacial score (nSPS) is 32.2. The van der Waals surface area contributed by atoms with Gasteiger partial charge in [0.05, 0.1) is 0 Å². The zero-order chi connectivity index (χ0) is 9.03. The molecule has 0 radical (unpaired) electrons. The molecule has 0 saturated carbocycles.